The quantitative estimate of drug-likeness (QED) is 0.429. The largest absolute Gasteiger partial charge is 0.361 e. The van der Waals surface area contributed by atoms with Crippen molar-refractivity contribution in [1.82, 2.24) is 26.1 Å². The smallest absolute Gasteiger partial charge is 0.245 e. The molecule has 0 saturated heterocycles. The number of amides is 1. The Morgan fingerprint density at radius 2 is 2.08 bits per heavy atom. The number of rotatable bonds is 8. The summed E-state index contributed by atoms with van der Waals surface area (Å²) in [5, 5.41) is 3.60. The molecule has 0 bridgehead atoms. The minimum atomic E-state index is -0.193. The standard InChI is InChI=1S/C18H27N5OS/c1-3-5-8-13(4-2)12-19-18(25)23-22-17(24)11-16-20-14-9-6-7-10-15(14)21-16/h6-7,9-10,13H,3-5,8,11-12H2,1-2H3,(H,20,21)(H,22,24)(H2,19,23,25)/t13-/m0/s1. The summed E-state index contributed by atoms with van der Waals surface area (Å²) in [6.45, 7) is 5.21. The number of hydrogen-bond acceptors (Lipinski definition) is 3. The van der Waals surface area contributed by atoms with Crippen LogP contribution >= 0.6 is 12.2 Å². The SMILES string of the molecule is CCCC[C@H](CC)CNC(=S)NNC(=O)Cc1nc2ccccc2[nH]1. The lowest BCUT2D eigenvalue weighted by Crippen LogP contribution is -2.48. The normalized spacial score (nSPS) is 11.9. The zero-order valence-corrected chi connectivity index (χ0v) is 15.7. The van der Waals surface area contributed by atoms with Crippen molar-refractivity contribution in [1.29, 1.82) is 0 Å². The number of imidazole rings is 1. The summed E-state index contributed by atoms with van der Waals surface area (Å²) in [5.41, 5.74) is 7.14. The molecule has 0 fully saturated rings. The number of carbonyl (C=O) groups is 1. The lowest BCUT2D eigenvalue weighted by Gasteiger charge is -2.17. The Morgan fingerprint density at radius 1 is 1.28 bits per heavy atom. The van der Waals surface area contributed by atoms with Crippen molar-refractivity contribution in [3.63, 3.8) is 0 Å². The molecular weight excluding hydrogens is 334 g/mol. The third kappa shape index (κ3) is 6.34. The summed E-state index contributed by atoms with van der Waals surface area (Å²) in [6.07, 6.45) is 4.92. The maximum Gasteiger partial charge on any atom is 0.245 e. The molecule has 1 amide bonds. The summed E-state index contributed by atoms with van der Waals surface area (Å²) in [5.74, 6) is 1.04. The molecule has 2 rings (SSSR count). The number of hydrazine groups is 1. The van der Waals surface area contributed by atoms with Gasteiger partial charge in [0.05, 0.1) is 17.5 Å². The highest BCUT2D eigenvalue weighted by Crippen LogP contribution is 2.11. The number of unbranched alkanes of at least 4 members (excludes halogenated alkanes) is 1. The Hall–Kier alpha value is -2.15. The molecule has 1 atom stereocenters. The van der Waals surface area contributed by atoms with Crippen molar-refractivity contribution in [2.45, 2.75) is 46.0 Å². The molecule has 6 nitrogen and oxygen atoms in total. The van der Waals surface area contributed by atoms with Crippen molar-refractivity contribution >= 4 is 34.3 Å². The molecule has 136 valence electrons. The van der Waals surface area contributed by atoms with Crippen molar-refractivity contribution < 1.29 is 4.79 Å². The van der Waals surface area contributed by atoms with Gasteiger partial charge in [0.15, 0.2) is 5.11 Å². The summed E-state index contributed by atoms with van der Waals surface area (Å²) in [7, 11) is 0. The van der Waals surface area contributed by atoms with Crippen LogP contribution in [0.4, 0.5) is 0 Å². The van der Waals surface area contributed by atoms with Crippen LogP contribution in [0.1, 0.15) is 45.4 Å². The number of aromatic nitrogens is 2. The predicted molar refractivity (Wildman–Crippen MR) is 105 cm³/mol. The first-order valence-electron chi connectivity index (χ1n) is 8.88. The van der Waals surface area contributed by atoms with Crippen LogP contribution in [-0.2, 0) is 11.2 Å². The first-order chi connectivity index (χ1) is 12.1. The first-order valence-corrected chi connectivity index (χ1v) is 9.29. The number of nitrogens with zero attached hydrogens (tertiary/aromatic N) is 1. The highest BCUT2D eigenvalue weighted by molar-refractivity contribution is 7.80. The van der Waals surface area contributed by atoms with E-state index < -0.39 is 0 Å². The monoisotopic (exact) mass is 361 g/mol. The molecule has 1 aromatic heterocycles. The number of carbonyl (C=O) groups excluding carboxylic acids is 1. The zero-order chi connectivity index (χ0) is 18.1. The number of aromatic amines is 1. The van der Waals surface area contributed by atoms with Crippen LogP contribution in [0.2, 0.25) is 0 Å². The average molecular weight is 362 g/mol. The second kappa shape index (κ2) is 9.98. The Labute approximate surface area is 154 Å². The molecule has 0 aliphatic rings. The second-order valence-electron chi connectivity index (χ2n) is 6.18. The van der Waals surface area contributed by atoms with E-state index in [1.807, 2.05) is 24.3 Å². The van der Waals surface area contributed by atoms with Crippen molar-refractivity contribution in [3.05, 3.63) is 30.1 Å². The van der Waals surface area contributed by atoms with Gasteiger partial charge in [-0.15, -0.1) is 0 Å². The van der Waals surface area contributed by atoms with Gasteiger partial charge in [-0.3, -0.25) is 15.6 Å². The topological polar surface area (TPSA) is 81.8 Å². The Kier molecular flexibility index (Phi) is 7.66. The van der Waals surface area contributed by atoms with E-state index in [-0.39, 0.29) is 12.3 Å². The van der Waals surface area contributed by atoms with Crippen LogP contribution in [0, 0.1) is 5.92 Å². The van der Waals surface area contributed by atoms with Gasteiger partial charge in [-0.25, -0.2) is 4.98 Å². The third-order valence-electron chi connectivity index (χ3n) is 4.18. The zero-order valence-electron chi connectivity index (χ0n) is 14.9. The van der Waals surface area contributed by atoms with Crippen molar-refractivity contribution in [2.75, 3.05) is 6.54 Å². The van der Waals surface area contributed by atoms with Gasteiger partial charge >= 0.3 is 0 Å². The van der Waals surface area contributed by atoms with Crippen LogP contribution in [0.25, 0.3) is 11.0 Å². The minimum absolute atomic E-state index is 0.165. The third-order valence-corrected chi connectivity index (χ3v) is 4.42. The molecule has 0 unspecified atom stereocenters. The fraction of sp³-hybridized carbons (Fsp3) is 0.500. The van der Waals surface area contributed by atoms with Crippen LogP contribution in [0.3, 0.4) is 0 Å². The lowest BCUT2D eigenvalue weighted by atomic mass is 9.99. The van der Waals surface area contributed by atoms with Gasteiger partial charge in [-0.2, -0.15) is 0 Å². The van der Waals surface area contributed by atoms with E-state index in [4.69, 9.17) is 12.2 Å². The number of nitrogens with one attached hydrogen (secondary N) is 4. The van der Waals surface area contributed by atoms with E-state index in [1.54, 1.807) is 0 Å². The minimum Gasteiger partial charge on any atom is -0.361 e. The van der Waals surface area contributed by atoms with E-state index >= 15 is 0 Å². The molecule has 0 radical (unpaired) electrons. The van der Waals surface area contributed by atoms with Crippen LogP contribution < -0.4 is 16.2 Å². The Bertz CT molecular complexity index is 667. The lowest BCUT2D eigenvalue weighted by molar-refractivity contribution is -0.121. The maximum absolute atomic E-state index is 12.0. The Morgan fingerprint density at radius 3 is 2.80 bits per heavy atom. The van der Waals surface area contributed by atoms with Gasteiger partial charge in [0.2, 0.25) is 5.91 Å². The molecule has 2 aromatic rings. The van der Waals surface area contributed by atoms with Gasteiger partial charge in [0, 0.05) is 6.54 Å². The molecular formula is C18H27N5OS. The van der Waals surface area contributed by atoms with E-state index in [2.05, 4.69) is 40.0 Å². The highest BCUT2D eigenvalue weighted by Gasteiger charge is 2.09. The molecule has 4 N–H and O–H groups in total. The Balaban J connectivity index is 1.71. The molecule has 25 heavy (non-hydrogen) atoms. The summed E-state index contributed by atoms with van der Waals surface area (Å²) in [4.78, 5) is 19.5. The molecule has 0 aliphatic carbocycles. The summed E-state index contributed by atoms with van der Waals surface area (Å²) >= 11 is 5.21. The maximum atomic E-state index is 12.0. The fourth-order valence-electron chi connectivity index (χ4n) is 2.64. The van der Waals surface area contributed by atoms with E-state index in [9.17, 15) is 4.79 Å². The number of fused-ring (bicyclic) bond motifs is 1. The number of H-pyrrole nitrogens is 1. The molecule has 1 heterocycles. The molecule has 0 saturated carbocycles. The van der Waals surface area contributed by atoms with Crippen LogP contribution in [-0.4, -0.2) is 27.5 Å². The van der Waals surface area contributed by atoms with Crippen molar-refractivity contribution in [2.24, 2.45) is 5.92 Å². The molecule has 0 aliphatic heterocycles. The van der Waals surface area contributed by atoms with Gasteiger partial charge < -0.3 is 10.3 Å². The summed E-state index contributed by atoms with van der Waals surface area (Å²) < 4.78 is 0. The van der Waals surface area contributed by atoms with Gasteiger partial charge in [0.1, 0.15) is 5.82 Å². The number of benzene rings is 1. The van der Waals surface area contributed by atoms with Gasteiger partial charge in [-0.1, -0.05) is 45.2 Å². The second-order valence-corrected chi connectivity index (χ2v) is 6.59. The average Bonchev–Trinajstić information content (AvgIpc) is 3.02. The summed E-state index contributed by atoms with van der Waals surface area (Å²) in [6, 6.07) is 7.69. The molecule has 1 aromatic carbocycles. The van der Waals surface area contributed by atoms with Crippen molar-refractivity contribution in [3.8, 4) is 0 Å². The molecule has 7 heteroatoms. The number of hydrogen-bond donors (Lipinski definition) is 4. The number of thiocarbonyl (C=S) groups is 1. The number of para-hydroxylation sites is 2. The van der Waals surface area contributed by atoms with Gasteiger partial charge in [0.25, 0.3) is 0 Å². The fourth-order valence-corrected chi connectivity index (χ4v) is 2.77. The van der Waals surface area contributed by atoms with Gasteiger partial charge in [-0.05, 0) is 36.7 Å². The van der Waals surface area contributed by atoms with E-state index in [0.717, 1.165) is 24.0 Å². The van der Waals surface area contributed by atoms with E-state index in [1.165, 1.54) is 19.3 Å². The van der Waals surface area contributed by atoms with Crippen LogP contribution in [0.15, 0.2) is 24.3 Å². The molecule has 0 spiro atoms. The van der Waals surface area contributed by atoms with E-state index in [0.29, 0.717) is 16.9 Å². The first kappa shape index (κ1) is 19.2. The van der Waals surface area contributed by atoms with Crippen LogP contribution in [0.5, 0.6) is 0 Å². The highest BCUT2D eigenvalue weighted by atomic mass is 32.1. The predicted octanol–water partition coefficient (Wildman–Crippen LogP) is 2.82.